The molecule has 1 heterocycles. The zero-order valence-corrected chi connectivity index (χ0v) is 18.2. The van der Waals surface area contributed by atoms with Gasteiger partial charge >= 0.3 is 0 Å². The van der Waals surface area contributed by atoms with Crippen LogP contribution in [0.4, 0.5) is 10.1 Å². The van der Waals surface area contributed by atoms with E-state index in [0.29, 0.717) is 47.4 Å². The van der Waals surface area contributed by atoms with Crippen LogP contribution in [0.3, 0.4) is 0 Å². The molecule has 2 aromatic rings. The van der Waals surface area contributed by atoms with Crippen molar-refractivity contribution in [3.8, 4) is 11.5 Å². The second kappa shape index (κ2) is 10.1. The minimum atomic E-state index is -0.294. The van der Waals surface area contributed by atoms with Crippen LogP contribution in [0.25, 0.3) is 0 Å². The summed E-state index contributed by atoms with van der Waals surface area (Å²) in [6, 6.07) is 9.72. The highest BCUT2D eigenvalue weighted by Crippen LogP contribution is 2.30. The van der Waals surface area contributed by atoms with Gasteiger partial charge in [0.2, 0.25) is 5.91 Å². The van der Waals surface area contributed by atoms with E-state index < -0.39 is 0 Å². The van der Waals surface area contributed by atoms with Crippen LogP contribution in [0, 0.1) is 5.82 Å². The quantitative estimate of drug-likeness (QED) is 0.719. The number of anilines is 1. The zero-order chi connectivity index (χ0) is 21.7. The number of rotatable bonds is 7. The lowest BCUT2D eigenvalue weighted by Gasteiger charge is -2.37. The Morgan fingerprint density at radius 2 is 1.83 bits per heavy atom. The van der Waals surface area contributed by atoms with Crippen LogP contribution in [0.5, 0.6) is 11.5 Å². The Bertz CT molecular complexity index is 868. The van der Waals surface area contributed by atoms with Crippen molar-refractivity contribution in [1.29, 1.82) is 0 Å². The molecule has 8 heteroatoms. The molecule has 1 atom stereocenters. The summed E-state index contributed by atoms with van der Waals surface area (Å²) < 4.78 is 24.5. The van der Waals surface area contributed by atoms with Gasteiger partial charge in [-0.25, -0.2) is 4.39 Å². The number of hydrogen-bond acceptors (Lipinski definition) is 5. The highest BCUT2D eigenvalue weighted by molar-refractivity contribution is 6.31. The number of nitrogens with one attached hydrogen (secondary N) is 1. The minimum Gasteiger partial charge on any atom is -0.493 e. The van der Waals surface area contributed by atoms with Crippen molar-refractivity contribution in [3.63, 3.8) is 0 Å². The number of amides is 1. The Kier molecular flexibility index (Phi) is 7.53. The second-order valence-corrected chi connectivity index (χ2v) is 7.65. The van der Waals surface area contributed by atoms with E-state index in [-0.39, 0.29) is 17.8 Å². The molecule has 1 aliphatic heterocycles. The smallest absolute Gasteiger partial charge is 0.241 e. The molecule has 0 bridgehead atoms. The maximum absolute atomic E-state index is 14.0. The van der Waals surface area contributed by atoms with E-state index in [1.807, 2.05) is 6.92 Å². The fraction of sp³-hybridized carbons (Fsp3) is 0.409. The van der Waals surface area contributed by atoms with Gasteiger partial charge in [-0.05, 0) is 31.2 Å². The summed E-state index contributed by atoms with van der Waals surface area (Å²) in [6.07, 6.45) is 0. The van der Waals surface area contributed by atoms with Crippen LogP contribution in [0.1, 0.15) is 12.5 Å². The average Bonchev–Trinajstić information content (AvgIpc) is 2.76. The van der Waals surface area contributed by atoms with E-state index in [2.05, 4.69) is 15.1 Å². The average molecular weight is 436 g/mol. The molecule has 3 rings (SSSR count). The van der Waals surface area contributed by atoms with Crippen molar-refractivity contribution < 1.29 is 18.7 Å². The lowest BCUT2D eigenvalue weighted by Crippen LogP contribution is -2.52. The molecule has 1 saturated heterocycles. The van der Waals surface area contributed by atoms with Crippen molar-refractivity contribution in [2.75, 3.05) is 45.7 Å². The fourth-order valence-electron chi connectivity index (χ4n) is 3.54. The summed E-state index contributed by atoms with van der Waals surface area (Å²) in [5.41, 5.74) is 1.17. The van der Waals surface area contributed by atoms with E-state index in [4.69, 9.17) is 21.1 Å². The molecule has 1 N–H and O–H groups in total. The monoisotopic (exact) mass is 435 g/mol. The third-order valence-corrected chi connectivity index (χ3v) is 5.78. The summed E-state index contributed by atoms with van der Waals surface area (Å²) in [4.78, 5) is 17.0. The number of carbonyl (C=O) groups is 1. The standard InChI is InChI=1S/C22H27ClFN3O3/c1-15(22(28)25-16-7-8-20(29-2)21(13-16)30-3)27-11-9-26(10-12-27)14-17-18(23)5-4-6-19(17)24/h4-8,13,15H,9-12,14H2,1-3H3,(H,25,28). The summed E-state index contributed by atoms with van der Waals surface area (Å²) in [5, 5.41) is 3.38. The van der Waals surface area contributed by atoms with Gasteiger partial charge in [-0.15, -0.1) is 0 Å². The van der Waals surface area contributed by atoms with Gasteiger partial charge in [0.25, 0.3) is 0 Å². The molecule has 0 radical (unpaired) electrons. The number of piperazine rings is 1. The molecule has 0 aliphatic carbocycles. The zero-order valence-electron chi connectivity index (χ0n) is 17.5. The van der Waals surface area contributed by atoms with Gasteiger partial charge in [0.1, 0.15) is 5.82 Å². The summed E-state index contributed by atoms with van der Waals surface area (Å²) in [7, 11) is 3.12. The van der Waals surface area contributed by atoms with Crippen LogP contribution in [0.15, 0.2) is 36.4 Å². The van der Waals surface area contributed by atoms with E-state index in [1.165, 1.54) is 6.07 Å². The number of ether oxygens (including phenoxy) is 2. The highest BCUT2D eigenvalue weighted by atomic mass is 35.5. The third-order valence-electron chi connectivity index (χ3n) is 5.43. The first-order chi connectivity index (χ1) is 14.4. The van der Waals surface area contributed by atoms with E-state index in [0.717, 1.165) is 13.1 Å². The Balaban J connectivity index is 1.54. The molecule has 1 unspecified atom stereocenters. The number of benzene rings is 2. The minimum absolute atomic E-state index is 0.0900. The molecule has 162 valence electrons. The van der Waals surface area contributed by atoms with E-state index >= 15 is 0 Å². The van der Waals surface area contributed by atoms with Crippen LogP contribution < -0.4 is 14.8 Å². The Morgan fingerprint density at radius 1 is 1.13 bits per heavy atom. The predicted molar refractivity (Wildman–Crippen MR) is 116 cm³/mol. The van der Waals surface area contributed by atoms with Crippen molar-refractivity contribution in [3.05, 3.63) is 52.8 Å². The van der Waals surface area contributed by atoms with E-state index in [9.17, 15) is 9.18 Å². The lowest BCUT2D eigenvalue weighted by atomic mass is 10.1. The Morgan fingerprint density at radius 3 is 2.47 bits per heavy atom. The van der Waals surface area contributed by atoms with Gasteiger partial charge in [-0.2, -0.15) is 0 Å². The normalized spacial score (nSPS) is 16.2. The first-order valence-electron chi connectivity index (χ1n) is 9.85. The first-order valence-corrected chi connectivity index (χ1v) is 10.2. The molecule has 0 aromatic heterocycles. The third kappa shape index (κ3) is 5.22. The molecular weight excluding hydrogens is 409 g/mol. The summed E-state index contributed by atoms with van der Waals surface area (Å²) in [6.45, 7) is 5.25. The van der Waals surface area contributed by atoms with Gasteiger partial charge in [-0.1, -0.05) is 17.7 Å². The van der Waals surface area contributed by atoms with Crippen LogP contribution in [0.2, 0.25) is 5.02 Å². The van der Waals surface area contributed by atoms with E-state index in [1.54, 1.807) is 44.6 Å². The van der Waals surface area contributed by atoms with Crippen molar-refractivity contribution in [2.45, 2.75) is 19.5 Å². The topological polar surface area (TPSA) is 54.0 Å². The molecule has 1 aliphatic rings. The second-order valence-electron chi connectivity index (χ2n) is 7.25. The number of carbonyl (C=O) groups excluding carboxylic acids is 1. The Hall–Kier alpha value is -2.35. The van der Waals surface area contributed by atoms with Gasteiger partial charge in [-0.3, -0.25) is 14.6 Å². The lowest BCUT2D eigenvalue weighted by molar-refractivity contribution is -0.121. The van der Waals surface area contributed by atoms with Gasteiger partial charge in [0.15, 0.2) is 11.5 Å². The van der Waals surface area contributed by atoms with Gasteiger partial charge in [0.05, 0.1) is 20.3 Å². The Labute approximate surface area is 181 Å². The number of nitrogens with zero attached hydrogens (tertiary/aromatic N) is 2. The summed E-state index contributed by atoms with van der Waals surface area (Å²) in [5.74, 6) is 0.790. The SMILES string of the molecule is COc1ccc(NC(=O)C(C)N2CCN(Cc3c(F)cccc3Cl)CC2)cc1OC. The van der Waals surface area contributed by atoms with Crippen LogP contribution in [-0.4, -0.2) is 62.1 Å². The molecule has 1 fully saturated rings. The largest absolute Gasteiger partial charge is 0.493 e. The molecule has 6 nitrogen and oxygen atoms in total. The molecule has 0 spiro atoms. The molecule has 30 heavy (non-hydrogen) atoms. The van der Waals surface area contributed by atoms with Crippen LogP contribution >= 0.6 is 11.6 Å². The van der Waals surface area contributed by atoms with Gasteiger partial charge < -0.3 is 14.8 Å². The first kappa shape index (κ1) is 22.3. The van der Waals surface area contributed by atoms with Gasteiger partial charge in [0, 0.05) is 55.1 Å². The van der Waals surface area contributed by atoms with Crippen molar-refractivity contribution in [2.24, 2.45) is 0 Å². The summed E-state index contributed by atoms with van der Waals surface area (Å²) >= 11 is 6.14. The molecule has 2 aromatic carbocycles. The predicted octanol–water partition coefficient (Wildman–Crippen LogP) is 3.64. The molecular formula is C22H27ClFN3O3. The molecule has 1 amide bonds. The fourth-order valence-corrected chi connectivity index (χ4v) is 3.77. The number of halogens is 2. The maximum atomic E-state index is 14.0. The number of methoxy groups -OCH3 is 2. The number of hydrogen-bond donors (Lipinski definition) is 1. The van der Waals surface area contributed by atoms with Crippen LogP contribution in [-0.2, 0) is 11.3 Å². The van der Waals surface area contributed by atoms with Crippen molar-refractivity contribution in [1.82, 2.24) is 9.80 Å². The maximum Gasteiger partial charge on any atom is 0.241 e. The highest BCUT2D eigenvalue weighted by Gasteiger charge is 2.26. The van der Waals surface area contributed by atoms with Crippen molar-refractivity contribution >= 4 is 23.2 Å². The molecule has 0 saturated carbocycles.